The van der Waals surface area contributed by atoms with Crippen LogP contribution in [0.4, 0.5) is 11.6 Å². The number of carbonyl (C=O) groups is 1. The highest BCUT2D eigenvalue weighted by molar-refractivity contribution is 5.86. The lowest BCUT2D eigenvalue weighted by Gasteiger charge is -2.22. The van der Waals surface area contributed by atoms with Crippen LogP contribution in [0.15, 0.2) is 42.7 Å². The second-order valence-electron chi connectivity index (χ2n) is 4.42. The van der Waals surface area contributed by atoms with Crippen molar-refractivity contribution >= 4 is 17.6 Å². The summed E-state index contributed by atoms with van der Waals surface area (Å²) in [6.07, 6.45) is 4.76. The Morgan fingerprint density at radius 2 is 1.85 bits per heavy atom. The van der Waals surface area contributed by atoms with Crippen LogP contribution in [0.2, 0.25) is 0 Å². The summed E-state index contributed by atoms with van der Waals surface area (Å²) in [5, 5.41) is 8.88. The number of hydrogen-bond donors (Lipinski definition) is 1. The molecule has 2 rings (SSSR count). The number of carboxylic acid groups (broad SMARTS) is 1. The molecule has 0 spiro atoms. The normalized spacial score (nSPS) is 10.2. The zero-order chi connectivity index (χ0) is 14.4. The van der Waals surface area contributed by atoms with Gasteiger partial charge in [-0.3, -0.25) is 0 Å². The standard InChI is InChI=1S/C15H17N3O2/c1-2-3-9-18(13-7-5-4-6-8-13)15-16-10-12(11-17-15)14(19)20/h4-8,10-11H,2-3,9H2,1H3,(H,19,20). The zero-order valence-electron chi connectivity index (χ0n) is 11.4. The van der Waals surface area contributed by atoms with Crippen LogP contribution >= 0.6 is 0 Å². The second-order valence-corrected chi connectivity index (χ2v) is 4.42. The highest BCUT2D eigenvalue weighted by Gasteiger charge is 2.12. The van der Waals surface area contributed by atoms with Gasteiger partial charge in [-0.1, -0.05) is 31.5 Å². The SMILES string of the molecule is CCCCN(c1ccccc1)c1ncc(C(=O)O)cn1. The second kappa shape index (κ2) is 6.65. The van der Waals surface area contributed by atoms with Crippen molar-refractivity contribution in [3.05, 3.63) is 48.3 Å². The van der Waals surface area contributed by atoms with Gasteiger partial charge in [0.25, 0.3) is 0 Å². The average Bonchev–Trinajstić information content (AvgIpc) is 2.49. The first-order chi connectivity index (χ1) is 9.72. The van der Waals surface area contributed by atoms with Crippen LogP contribution in [0.25, 0.3) is 0 Å². The molecule has 1 aromatic carbocycles. The molecule has 0 fully saturated rings. The lowest BCUT2D eigenvalue weighted by molar-refractivity contribution is 0.0696. The molecule has 0 atom stereocenters. The van der Waals surface area contributed by atoms with Gasteiger partial charge in [0.1, 0.15) is 0 Å². The molecule has 2 aromatic rings. The largest absolute Gasteiger partial charge is 0.478 e. The Labute approximate surface area is 117 Å². The van der Waals surface area contributed by atoms with Crippen molar-refractivity contribution in [1.29, 1.82) is 0 Å². The minimum atomic E-state index is -1.02. The lowest BCUT2D eigenvalue weighted by atomic mass is 10.2. The Balaban J connectivity index is 2.28. The van der Waals surface area contributed by atoms with E-state index in [0.29, 0.717) is 5.95 Å². The molecule has 20 heavy (non-hydrogen) atoms. The summed E-state index contributed by atoms with van der Waals surface area (Å²) in [7, 11) is 0. The fourth-order valence-electron chi connectivity index (χ4n) is 1.84. The maximum atomic E-state index is 10.8. The molecule has 0 aliphatic carbocycles. The van der Waals surface area contributed by atoms with Crippen LogP contribution in [0.1, 0.15) is 30.1 Å². The van der Waals surface area contributed by atoms with Crippen molar-refractivity contribution in [3.8, 4) is 0 Å². The first kappa shape index (κ1) is 14.0. The molecule has 1 heterocycles. The first-order valence-corrected chi connectivity index (χ1v) is 6.60. The van der Waals surface area contributed by atoms with Gasteiger partial charge in [-0.2, -0.15) is 0 Å². The summed E-state index contributed by atoms with van der Waals surface area (Å²) >= 11 is 0. The molecular formula is C15H17N3O2. The van der Waals surface area contributed by atoms with Crippen molar-refractivity contribution in [3.63, 3.8) is 0 Å². The van der Waals surface area contributed by atoms with E-state index in [1.807, 2.05) is 35.2 Å². The van der Waals surface area contributed by atoms with E-state index in [2.05, 4.69) is 16.9 Å². The van der Waals surface area contributed by atoms with E-state index in [-0.39, 0.29) is 5.56 Å². The van der Waals surface area contributed by atoms with Crippen LogP contribution in [0.5, 0.6) is 0 Å². The molecule has 0 saturated heterocycles. The summed E-state index contributed by atoms with van der Waals surface area (Å²) in [6, 6.07) is 9.85. The van der Waals surface area contributed by atoms with Crippen molar-refractivity contribution in [1.82, 2.24) is 9.97 Å². The minimum Gasteiger partial charge on any atom is -0.478 e. The Bertz CT molecular complexity index is 555. The van der Waals surface area contributed by atoms with E-state index in [1.165, 1.54) is 12.4 Å². The summed E-state index contributed by atoms with van der Waals surface area (Å²) < 4.78 is 0. The molecule has 0 aliphatic rings. The van der Waals surface area contributed by atoms with E-state index in [9.17, 15) is 4.79 Å². The van der Waals surface area contributed by atoms with Crippen LogP contribution in [-0.4, -0.2) is 27.6 Å². The molecule has 0 radical (unpaired) electrons. The molecular weight excluding hydrogens is 254 g/mol. The summed E-state index contributed by atoms with van der Waals surface area (Å²) in [5.41, 5.74) is 1.10. The number of aromatic carboxylic acids is 1. The van der Waals surface area contributed by atoms with Gasteiger partial charge in [-0.15, -0.1) is 0 Å². The Kier molecular flexibility index (Phi) is 4.65. The molecule has 104 valence electrons. The molecule has 0 unspecified atom stereocenters. The molecule has 5 nitrogen and oxygen atoms in total. The third-order valence-electron chi connectivity index (χ3n) is 2.93. The van der Waals surface area contributed by atoms with Gasteiger partial charge in [0.05, 0.1) is 5.56 Å². The minimum absolute atomic E-state index is 0.0947. The number of para-hydroxylation sites is 1. The molecule has 1 aromatic heterocycles. The van der Waals surface area contributed by atoms with Gasteiger partial charge in [0, 0.05) is 24.6 Å². The maximum absolute atomic E-state index is 10.8. The molecule has 1 N–H and O–H groups in total. The zero-order valence-corrected chi connectivity index (χ0v) is 11.4. The first-order valence-electron chi connectivity index (χ1n) is 6.60. The van der Waals surface area contributed by atoms with Gasteiger partial charge in [-0.05, 0) is 18.6 Å². The van der Waals surface area contributed by atoms with Crippen LogP contribution in [-0.2, 0) is 0 Å². The van der Waals surface area contributed by atoms with Crippen LogP contribution in [0, 0.1) is 0 Å². The Morgan fingerprint density at radius 1 is 1.20 bits per heavy atom. The average molecular weight is 271 g/mol. The highest BCUT2D eigenvalue weighted by Crippen LogP contribution is 2.21. The fraction of sp³-hybridized carbons (Fsp3) is 0.267. The number of carboxylic acids is 1. The number of rotatable bonds is 6. The summed E-state index contributed by atoms with van der Waals surface area (Å²) in [5.74, 6) is -0.494. The molecule has 0 aliphatic heterocycles. The third kappa shape index (κ3) is 3.32. The molecule has 0 saturated carbocycles. The summed E-state index contributed by atoms with van der Waals surface area (Å²) in [4.78, 5) is 21.2. The van der Waals surface area contributed by atoms with Gasteiger partial charge in [0.2, 0.25) is 5.95 Å². The predicted octanol–water partition coefficient (Wildman–Crippen LogP) is 3.11. The van der Waals surface area contributed by atoms with Gasteiger partial charge in [0.15, 0.2) is 0 Å². The van der Waals surface area contributed by atoms with Gasteiger partial charge in [-0.25, -0.2) is 14.8 Å². The van der Waals surface area contributed by atoms with Crippen molar-refractivity contribution in [2.75, 3.05) is 11.4 Å². The summed E-state index contributed by atoms with van der Waals surface area (Å²) in [6.45, 7) is 2.92. The monoisotopic (exact) mass is 271 g/mol. The number of benzene rings is 1. The van der Waals surface area contributed by atoms with E-state index in [4.69, 9.17) is 5.11 Å². The highest BCUT2D eigenvalue weighted by atomic mass is 16.4. The van der Waals surface area contributed by atoms with E-state index >= 15 is 0 Å². The number of aromatic nitrogens is 2. The van der Waals surface area contributed by atoms with Crippen molar-refractivity contribution in [2.24, 2.45) is 0 Å². The molecule has 5 heteroatoms. The van der Waals surface area contributed by atoms with E-state index in [1.54, 1.807) is 0 Å². The number of anilines is 2. The van der Waals surface area contributed by atoms with E-state index < -0.39 is 5.97 Å². The van der Waals surface area contributed by atoms with Crippen LogP contribution in [0.3, 0.4) is 0 Å². The number of hydrogen-bond acceptors (Lipinski definition) is 4. The molecule has 0 amide bonds. The Hall–Kier alpha value is -2.43. The Morgan fingerprint density at radius 3 is 2.40 bits per heavy atom. The van der Waals surface area contributed by atoms with Crippen molar-refractivity contribution < 1.29 is 9.90 Å². The molecule has 0 bridgehead atoms. The van der Waals surface area contributed by atoms with Crippen molar-refractivity contribution in [2.45, 2.75) is 19.8 Å². The smallest absolute Gasteiger partial charge is 0.338 e. The lowest BCUT2D eigenvalue weighted by Crippen LogP contribution is -2.21. The topological polar surface area (TPSA) is 66.3 Å². The quantitative estimate of drug-likeness (QED) is 0.874. The fourth-order valence-corrected chi connectivity index (χ4v) is 1.84. The number of nitrogens with zero attached hydrogens (tertiary/aromatic N) is 3. The predicted molar refractivity (Wildman–Crippen MR) is 77.3 cm³/mol. The van der Waals surface area contributed by atoms with E-state index in [0.717, 1.165) is 25.1 Å². The van der Waals surface area contributed by atoms with Crippen LogP contribution < -0.4 is 4.90 Å². The van der Waals surface area contributed by atoms with Gasteiger partial charge >= 0.3 is 5.97 Å². The van der Waals surface area contributed by atoms with Gasteiger partial charge < -0.3 is 10.0 Å². The third-order valence-corrected chi connectivity index (χ3v) is 2.93. The number of unbranched alkanes of at least 4 members (excludes halogenated alkanes) is 1. The maximum Gasteiger partial charge on any atom is 0.338 e.